The molecule has 0 aliphatic heterocycles. The summed E-state index contributed by atoms with van der Waals surface area (Å²) in [5, 5.41) is 4.68. The molecule has 110 valence electrons. The third-order valence-corrected chi connectivity index (χ3v) is 3.50. The lowest BCUT2D eigenvalue weighted by atomic mass is 10.1. The van der Waals surface area contributed by atoms with Gasteiger partial charge in [-0.25, -0.2) is 9.07 Å². The second kappa shape index (κ2) is 5.61. The highest BCUT2D eigenvalue weighted by molar-refractivity contribution is 6.32. The van der Waals surface area contributed by atoms with Crippen molar-refractivity contribution < 1.29 is 9.18 Å². The molecule has 6 heteroatoms. The molecule has 3 rings (SSSR count). The van der Waals surface area contributed by atoms with Crippen molar-refractivity contribution in [3.8, 4) is 16.9 Å². The highest BCUT2D eigenvalue weighted by Gasteiger charge is 2.16. The molecule has 1 amide bonds. The van der Waals surface area contributed by atoms with Crippen molar-refractivity contribution in [2.45, 2.75) is 0 Å². The molecular formula is C16H11ClFN3O. The Morgan fingerprint density at radius 3 is 2.45 bits per heavy atom. The van der Waals surface area contributed by atoms with Gasteiger partial charge in [0.15, 0.2) is 5.69 Å². The summed E-state index contributed by atoms with van der Waals surface area (Å²) in [5.41, 5.74) is 7.32. The van der Waals surface area contributed by atoms with Gasteiger partial charge in [-0.1, -0.05) is 23.7 Å². The molecule has 2 N–H and O–H groups in total. The molecule has 2 aromatic carbocycles. The average Bonchev–Trinajstić information content (AvgIpc) is 2.94. The van der Waals surface area contributed by atoms with Crippen molar-refractivity contribution in [3.05, 3.63) is 71.1 Å². The minimum atomic E-state index is -0.644. The number of benzene rings is 2. The highest BCUT2D eigenvalue weighted by atomic mass is 35.5. The molecular weight excluding hydrogens is 305 g/mol. The quantitative estimate of drug-likeness (QED) is 0.805. The summed E-state index contributed by atoms with van der Waals surface area (Å²) in [6.07, 6.45) is 0. The first-order chi connectivity index (χ1) is 10.6. The van der Waals surface area contributed by atoms with Crippen LogP contribution in [0.3, 0.4) is 0 Å². The lowest BCUT2D eigenvalue weighted by molar-refractivity contribution is 0.0995. The van der Waals surface area contributed by atoms with Crippen LogP contribution in [0.5, 0.6) is 0 Å². The van der Waals surface area contributed by atoms with Gasteiger partial charge in [-0.2, -0.15) is 5.10 Å². The number of hydrogen-bond acceptors (Lipinski definition) is 2. The topological polar surface area (TPSA) is 60.9 Å². The van der Waals surface area contributed by atoms with Gasteiger partial charge in [-0.05, 0) is 42.5 Å². The summed E-state index contributed by atoms with van der Waals surface area (Å²) >= 11 is 6.20. The van der Waals surface area contributed by atoms with Gasteiger partial charge in [0, 0.05) is 5.56 Å². The van der Waals surface area contributed by atoms with Crippen molar-refractivity contribution in [1.82, 2.24) is 9.78 Å². The van der Waals surface area contributed by atoms with Crippen LogP contribution in [-0.4, -0.2) is 15.7 Å². The smallest absolute Gasteiger partial charge is 0.269 e. The van der Waals surface area contributed by atoms with E-state index in [1.165, 1.54) is 16.8 Å². The normalized spacial score (nSPS) is 10.6. The maximum absolute atomic E-state index is 13.1. The first-order valence-electron chi connectivity index (χ1n) is 6.47. The van der Waals surface area contributed by atoms with Gasteiger partial charge >= 0.3 is 0 Å². The van der Waals surface area contributed by atoms with Gasteiger partial charge in [0.05, 0.1) is 16.4 Å². The number of halogens is 2. The monoisotopic (exact) mass is 315 g/mol. The van der Waals surface area contributed by atoms with Crippen LogP contribution in [0.1, 0.15) is 10.5 Å². The number of hydrogen-bond donors (Lipinski definition) is 1. The standard InChI is InChI=1S/C16H11ClFN3O/c17-12-3-1-2-4-14(12)21-15(9-13(20-21)16(19)22)10-5-7-11(18)8-6-10/h1-9H,(H2,19,22). The van der Waals surface area contributed by atoms with E-state index >= 15 is 0 Å². The van der Waals surface area contributed by atoms with Crippen LogP contribution in [0.25, 0.3) is 16.9 Å². The van der Waals surface area contributed by atoms with Crippen LogP contribution in [0.2, 0.25) is 5.02 Å². The zero-order chi connectivity index (χ0) is 15.7. The number of carbonyl (C=O) groups excluding carboxylic acids is 1. The molecule has 0 bridgehead atoms. The number of rotatable bonds is 3. The summed E-state index contributed by atoms with van der Waals surface area (Å²) in [6.45, 7) is 0. The van der Waals surface area contributed by atoms with Crippen molar-refractivity contribution in [2.24, 2.45) is 5.73 Å². The molecule has 1 heterocycles. The molecule has 0 radical (unpaired) electrons. The molecule has 0 aliphatic rings. The van der Waals surface area contributed by atoms with Gasteiger partial charge < -0.3 is 5.73 Å². The van der Waals surface area contributed by atoms with E-state index in [0.29, 0.717) is 22.0 Å². The van der Waals surface area contributed by atoms with E-state index in [2.05, 4.69) is 5.10 Å². The van der Waals surface area contributed by atoms with Crippen LogP contribution in [-0.2, 0) is 0 Å². The maximum Gasteiger partial charge on any atom is 0.269 e. The fourth-order valence-corrected chi connectivity index (χ4v) is 2.35. The predicted molar refractivity (Wildman–Crippen MR) is 82.5 cm³/mol. The minimum Gasteiger partial charge on any atom is -0.364 e. The Hall–Kier alpha value is -2.66. The van der Waals surface area contributed by atoms with E-state index in [4.69, 9.17) is 17.3 Å². The van der Waals surface area contributed by atoms with Crippen molar-refractivity contribution in [1.29, 1.82) is 0 Å². The van der Waals surface area contributed by atoms with E-state index in [-0.39, 0.29) is 11.5 Å². The summed E-state index contributed by atoms with van der Waals surface area (Å²) < 4.78 is 14.6. The number of primary amides is 1. The van der Waals surface area contributed by atoms with Crippen molar-refractivity contribution in [2.75, 3.05) is 0 Å². The van der Waals surface area contributed by atoms with Crippen LogP contribution >= 0.6 is 11.6 Å². The number of nitrogens with zero attached hydrogens (tertiary/aromatic N) is 2. The van der Waals surface area contributed by atoms with E-state index in [0.717, 1.165) is 0 Å². The first-order valence-corrected chi connectivity index (χ1v) is 6.85. The molecule has 0 spiro atoms. The fourth-order valence-electron chi connectivity index (χ4n) is 2.13. The third-order valence-electron chi connectivity index (χ3n) is 3.18. The summed E-state index contributed by atoms with van der Waals surface area (Å²) in [7, 11) is 0. The predicted octanol–water partition coefficient (Wildman–Crippen LogP) is 3.43. The van der Waals surface area contributed by atoms with Gasteiger partial charge in [0.2, 0.25) is 0 Å². The fraction of sp³-hybridized carbons (Fsp3) is 0. The van der Waals surface area contributed by atoms with Gasteiger partial charge in [0.25, 0.3) is 5.91 Å². The van der Waals surface area contributed by atoms with E-state index in [9.17, 15) is 9.18 Å². The Bertz CT molecular complexity index is 843. The molecule has 0 saturated carbocycles. The zero-order valence-electron chi connectivity index (χ0n) is 11.3. The summed E-state index contributed by atoms with van der Waals surface area (Å²) in [5.74, 6) is -0.989. The molecule has 0 unspecified atom stereocenters. The second-order valence-electron chi connectivity index (χ2n) is 4.65. The van der Waals surface area contributed by atoms with Gasteiger partial charge in [-0.15, -0.1) is 0 Å². The number of amides is 1. The number of nitrogens with two attached hydrogens (primary N) is 1. The van der Waals surface area contributed by atoms with Crippen LogP contribution < -0.4 is 5.73 Å². The second-order valence-corrected chi connectivity index (χ2v) is 5.06. The Kier molecular flexibility index (Phi) is 3.65. The van der Waals surface area contributed by atoms with Crippen molar-refractivity contribution >= 4 is 17.5 Å². The zero-order valence-corrected chi connectivity index (χ0v) is 12.1. The molecule has 0 atom stereocenters. The largest absolute Gasteiger partial charge is 0.364 e. The molecule has 1 aromatic heterocycles. The molecule has 0 fully saturated rings. The molecule has 3 aromatic rings. The van der Waals surface area contributed by atoms with Crippen LogP contribution in [0.4, 0.5) is 4.39 Å². The van der Waals surface area contributed by atoms with E-state index in [1.54, 1.807) is 42.5 Å². The van der Waals surface area contributed by atoms with E-state index < -0.39 is 5.91 Å². The maximum atomic E-state index is 13.1. The third kappa shape index (κ3) is 2.58. The van der Waals surface area contributed by atoms with Crippen LogP contribution in [0.15, 0.2) is 54.6 Å². The van der Waals surface area contributed by atoms with Gasteiger partial charge in [-0.3, -0.25) is 4.79 Å². The molecule has 4 nitrogen and oxygen atoms in total. The number of aromatic nitrogens is 2. The summed E-state index contributed by atoms with van der Waals surface area (Å²) in [6, 6.07) is 14.5. The van der Waals surface area contributed by atoms with Crippen LogP contribution in [0, 0.1) is 5.82 Å². The van der Waals surface area contributed by atoms with E-state index in [1.807, 2.05) is 0 Å². The average molecular weight is 316 g/mol. The Balaban J connectivity index is 2.23. The Morgan fingerprint density at radius 1 is 1.14 bits per heavy atom. The molecule has 22 heavy (non-hydrogen) atoms. The summed E-state index contributed by atoms with van der Waals surface area (Å²) in [4.78, 5) is 11.4. The minimum absolute atomic E-state index is 0.110. The Morgan fingerprint density at radius 2 is 1.82 bits per heavy atom. The first kappa shape index (κ1) is 14.3. The Labute approximate surface area is 130 Å². The van der Waals surface area contributed by atoms with Gasteiger partial charge in [0.1, 0.15) is 5.82 Å². The number of para-hydroxylation sites is 1. The lowest BCUT2D eigenvalue weighted by Crippen LogP contribution is -2.12. The van der Waals surface area contributed by atoms with Crippen molar-refractivity contribution in [3.63, 3.8) is 0 Å². The lowest BCUT2D eigenvalue weighted by Gasteiger charge is -2.09. The molecule has 0 aliphatic carbocycles. The SMILES string of the molecule is NC(=O)c1cc(-c2ccc(F)cc2)n(-c2ccccc2Cl)n1. The molecule has 0 saturated heterocycles. The number of carbonyl (C=O) groups is 1. The highest BCUT2D eigenvalue weighted by Crippen LogP contribution is 2.27.